The number of fused-ring (bicyclic) bond motifs is 1. The van der Waals surface area contributed by atoms with Gasteiger partial charge in [-0.15, -0.1) is 0 Å². The molecule has 2 aliphatic rings. The highest BCUT2D eigenvalue weighted by Gasteiger charge is 2.47. The summed E-state index contributed by atoms with van der Waals surface area (Å²) < 4.78 is 32.7. The molecule has 0 bridgehead atoms. The van der Waals surface area contributed by atoms with Crippen LogP contribution in [0.3, 0.4) is 0 Å². The molecule has 0 unspecified atom stereocenters. The van der Waals surface area contributed by atoms with Crippen LogP contribution in [0.1, 0.15) is 0 Å². The van der Waals surface area contributed by atoms with Crippen molar-refractivity contribution in [2.24, 2.45) is 0 Å². The summed E-state index contributed by atoms with van der Waals surface area (Å²) in [5.41, 5.74) is -0.378. The third kappa shape index (κ3) is 5.61. The van der Waals surface area contributed by atoms with Gasteiger partial charge in [0, 0.05) is 23.8 Å². The molecule has 0 saturated carbocycles. The molecule has 2 saturated heterocycles. The Bertz CT molecular complexity index is 1470. The second-order valence-corrected chi connectivity index (χ2v) is 9.85. The maximum atomic E-state index is 12.8. The van der Waals surface area contributed by atoms with Crippen LogP contribution in [0.4, 0.5) is 0 Å². The minimum absolute atomic E-state index is 0.0524. The van der Waals surface area contributed by atoms with Crippen molar-refractivity contribution in [2.75, 3.05) is 20.3 Å². The normalized spacial score (nSPS) is 31.4. The molecule has 228 valence electrons. The Morgan fingerprint density at radius 1 is 0.810 bits per heavy atom. The summed E-state index contributed by atoms with van der Waals surface area (Å²) in [6.45, 7) is -1.07. The number of aliphatic hydroxyl groups excluding tert-OH is 6. The minimum Gasteiger partial charge on any atom is -0.507 e. The lowest BCUT2D eigenvalue weighted by Crippen LogP contribution is -2.60. The Morgan fingerprint density at radius 3 is 2.17 bits per heavy atom. The first-order chi connectivity index (χ1) is 20.0. The van der Waals surface area contributed by atoms with Gasteiger partial charge in [-0.25, -0.2) is 0 Å². The third-order valence-electron chi connectivity index (χ3n) is 7.09. The van der Waals surface area contributed by atoms with Crippen LogP contribution in [0, 0.1) is 0 Å². The molecule has 0 amide bonds. The molecule has 15 heteroatoms. The number of ether oxygens (including phenoxy) is 5. The molecular weight excluding hydrogens is 564 g/mol. The molecule has 2 aromatic carbocycles. The second-order valence-electron chi connectivity index (χ2n) is 9.85. The summed E-state index contributed by atoms with van der Waals surface area (Å²) in [7, 11) is 1.38. The lowest BCUT2D eigenvalue weighted by atomic mass is 9.99. The van der Waals surface area contributed by atoms with Crippen molar-refractivity contribution in [3.8, 4) is 34.3 Å². The quantitative estimate of drug-likeness (QED) is 0.148. The molecule has 0 spiro atoms. The predicted molar refractivity (Wildman–Crippen MR) is 139 cm³/mol. The zero-order chi connectivity index (χ0) is 30.3. The van der Waals surface area contributed by atoms with Gasteiger partial charge in [0.2, 0.25) is 6.29 Å². The molecule has 2 fully saturated rings. The molecule has 3 heterocycles. The monoisotopic (exact) mass is 594 g/mol. The van der Waals surface area contributed by atoms with Gasteiger partial charge in [-0.2, -0.15) is 0 Å². The smallest absolute Gasteiger partial charge is 0.229 e. The fourth-order valence-electron chi connectivity index (χ4n) is 4.78. The fourth-order valence-corrected chi connectivity index (χ4v) is 4.78. The van der Waals surface area contributed by atoms with Crippen LogP contribution in [-0.2, 0) is 14.2 Å². The zero-order valence-corrected chi connectivity index (χ0v) is 22.0. The molecule has 0 aliphatic carbocycles. The fraction of sp³-hybridized carbons (Fsp3) is 0.444. The van der Waals surface area contributed by atoms with E-state index in [4.69, 9.17) is 28.1 Å². The maximum Gasteiger partial charge on any atom is 0.229 e. The van der Waals surface area contributed by atoms with Crippen molar-refractivity contribution in [3.05, 3.63) is 46.6 Å². The largest absolute Gasteiger partial charge is 0.507 e. The molecule has 1 aromatic heterocycles. The number of aromatic hydroxyl groups is 2. The summed E-state index contributed by atoms with van der Waals surface area (Å²) >= 11 is 0. The highest BCUT2D eigenvalue weighted by atomic mass is 16.7. The Kier molecular flexibility index (Phi) is 8.56. The molecule has 9 atom stereocenters. The molecule has 8 N–H and O–H groups in total. The van der Waals surface area contributed by atoms with E-state index in [2.05, 4.69) is 0 Å². The molecule has 42 heavy (non-hydrogen) atoms. The van der Waals surface area contributed by atoms with Crippen LogP contribution in [0.25, 0.3) is 22.3 Å². The van der Waals surface area contributed by atoms with Crippen molar-refractivity contribution in [1.82, 2.24) is 0 Å². The van der Waals surface area contributed by atoms with Gasteiger partial charge in [0.15, 0.2) is 23.2 Å². The minimum atomic E-state index is -1.77. The van der Waals surface area contributed by atoms with Crippen molar-refractivity contribution in [1.29, 1.82) is 0 Å². The number of methoxy groups -OCH3 is 1. The average Bonchev–Trinajstić information content (AvgIpc) is 3.24. The number of rotatable bonds is 8. The zero-order valence-electron chi connectivity index (χ0n) is 22.0. The first-order valence-corrected chi connectivity index (χ1v) is 12.8. The van der Waals surface area contributed by atoms with Crippen LogP contribution >= 0.6 is 0 Å². The van der Waals surface area contributed by atoms with Gasteiger partial charge in [0.05, 0.1) is 20.3 Å². The van der Waals surface area contributed by atoms with E-state index < -0.39 is 79.7 Å². The molecule has 15 nitrogen and oxygen atoms in total. The number of benzene rings is 2. The van der Waals surface area contributed by atoms with E-state index in [0.717, 1.165) is 12.1 Å². The van der Waals surface area contributed by atoms with Crippen LogP contribution in [-0.4, -0.2) is 116 Å². The topological polar surface area (TPSA) is 238 Å². The van der Waals surface area contributed by atoms with Crippen LogP contribution in [0.2, 0.25) is 0 Å². The number of hydrogen-bond acceptors (Lipinski definition) is 15. The Labute approximate surface area is 236 Å². The van der Waals surface area contributed by atoms with Gasteiger partial charge >= 0.3 is 0 Å². The van der Waals surface area contributed by atoms with Crippen molar-refractivity contribution in [2.45, 2.75) is 55.3 Å². The molecule has 2 aliphatic heterocycles. The van der Waals surface area contributed by atoms with Gasteiger partial charge in [0.25, 0.3) is 0 Å². The summed E-state index contributed by atoms with van der Waals surface area (Å²) in [5, 5.41) is 81.0. The molecule has 3 aromatic rings. The lowest BCUT2D eigenvalue weighted by molar-refractivity contribution is -0.290. The van der Waals surface area contributed by atoms with E-state index in [9.17, 15) is 45.6 Å². The standard InChI is InChI=1S/C27H30O15/c1-37-15-3-2-10(4-12(15)29)16-7-14(31)20-13(30)5-11(6-17(20)40-16)39-27-25(36)23(34)22(33)19(42-27)9-38-26-24(35)21(32)18(8-28)41-26/h2-7,18-19,21-30,32-36H,8-9H2,1H3/t18-,19+,21+,22+,23-,24+,25+,26-,27+/m0/s1. The first kappa shape index (κ1) is 30.0. The maximum absolute atomic E-state index is 12.8. The highest BCUT2D eigenvalue weighted by molar-refractivity contribution is 5.86. The van der Waals surface area contributed by atoms with E-state index >= 15 is 0 Å². The van der Waals surface area contributed by atoms with Gasteiger partial charge in [-0.3, -0.25) is 4.79 Å². The van der Waals surface area contributed by atoms with Crippen molar-refractivity contribution >= 4 is 11.0 Å². The Hall–Kier alpha value is -3.51. The SMILES string of the molecule is COc1ccc(-c2cc(=O)c3c(O)cc(O[C@@H]4O[C@H](CO[C@H]5O[C@@H](CO)[C@@H](O)[C@H]5O)[C@@H](O)[C@H](O)[C@H]4O)cc3o2)cc1O. The first-order valence-electron chi connectivity index (χ1n) is 12.8. The van der Waals surface area contributed by atoms with Crippen molar-refractivity contribution in [3.63, 3.8) is 0 Å². The van der Waals surface area contributed by atoms with Gasteiger partial charge < -0.3 is 69.0 Å². The third-order valence-corrected chi connectivity index (χ3v) is 7.09. The number of hydrogen-bond donors (Lipinski definition) is 8. The van der Waals surface area contributed by atoms with Gasteiger partial charge in [0.1, 0.15) is 71.0 Å². The van der Waals surface area contributed by atoms with Crippen LogP contribution < -0.4 is 14.9 Å². The van der Waals surface area contributed by atoms with E-state index in [0.29, 0.717) is 5.56 Å². The number of aliphatic hydroxyl groups is 6. The van der Waals surface area contributed by atoms with E-state index in [1.165, 1.54) is 25.3 Å². The average molecular weight is 595 g/mol. The summed E-state index contributed by atoms with van der Waals surface area (Å²) in [6, 6.07) is 7.78. The predicted octanol–water partition coefficient (Wildman–Crippen LogP) is -1.48. The van der Waals surface area contributed by atoms with Gasteiger partial charge in [-0.1, -0.05) is 0 Å². The summed E-state index contributed by atoms with van der Waals surface area (Å²) in [4.78, 5) is 12.8. The lowest BCUT2D eigenvalue weighted by Gasteiger charge is -2.40. The molecular formula is C27H30O15. The van der Waals surface area contributed by atoms with E-state index in [1.54, 1.807) is 6.07 Å². The second kappa shape index (κ2) is 12.0. The number of phenols is 2. The molecule has 0 radical (unpaired) electrons. The summed E-state index contributed by atoms with van der Waals surface area (Å²) in [6.07, 6.45) is -13.6. The van der Waals surface area contributed by atoms with Crippen LogP contribution in [0.15, 0.2) is 45.6 Å². The van der Waals surface area contributed by atoms with E-state index in [1.807, 2.05) is 0 Å². The number of phenolic OH excluding ortho intramolecular Hbond substituents is 2. The van der Waals surface area contributed by atoms with Crippen LogP contribution in [0.5, 0.6) is 23.0 Å². The van der Waals surface area contributed by atoms with Gasteiger partial charge in [-0.05, 0) is 18.2 Å². The molecule has 5 rings (SSSR count). The Morgan fingerprint density at radius 2 is 1.50 bits per heavy atom. The highest BCUT2D eigenvalue weighted by Crippen LogP contribution is 2.35. The van der Waals surface area contributed by atoms with Crippen molar-refractivity contribution < 1.29 is 69.0 Å². The summed E-state index contributed by atoms with van der Waals surface area (Å²) in [5.74, 6) is -0.601. The Balaban J connectivity index is 1.36. The van der Waals surface area contributed by atoms with E-state index in [-0.39, 0.29) is 34.0 Å².